The Kier molecular flexibility index (Phi) is 4.58. The van der Waals surface area contributed by atoms with Gasteiger partial charge >= 0.3 is 0 Å². The molecule has 4 rings (SSSR count). The van der Waals surface area contributed by atoms with E-state index in [9.17, 15) is 0 Å². The highest BCUT2D eigenvalue weighted by Gasteiger charge is 2.15. The Bertz CT molecular complexity index is 1030. The summed E-state index contributed by atoms with van der Waals surface area (Å²) in [6, 6.07) is 16.6. The van der Waals surface area contributed by atoms with Crippen molar-refractivity contribution in [2.45, 2.75) is 18.4 Å². The lowest BCUT2D eigenvalue weighted by atomic mass is 10.1. The molecule has 4 aromatic rings. The third-order valence-electron chi connectivity index (χ3n) is 4.20. The van der Waals surface area contributed by atoms with E-state index in [0.29, 0.717) is 23.5 Å². The second-order valence-electron chi connectivity index (χ2n) is 6.00. The van der Waals surface area contributed by atoms with Crippen LogP contribution in [0.15, 0.2) is 64.3 Å². The first-order valence-electron chi connectivity index (χ1n) is 8.29. The molecule has 5 nitrogen and oxygen atoms in total. The fraction of sp³-hybridized carbons (Fsp3) is 0.150. The second-order valence-corrected chi connectivity index (χ2v) is 6.88. The molecule has 1 N–H and O–H groups in total. The smallest absolute Gasteiger partial charge is 0.228 e. The van der Waals surface area contributed by atoms with Gasteiger partial charge in [0.05, 0.1) is 0 Å². The minimum Gasteiger partial charge on any atom is -0.363 e. The molecular formula is C20H18N4OS. The maximum absolute atomic E-state index is 5.55. The van der Waals surface area contributed by atoms with Gasteiger partial charge in [0.2, 0.25) is 5.58 Å². The van der Waals surface area contributed by atoms with Crippen molar-refractivity contribution in [1.82, 2.24) is 15.1 Å². The Morgan fingerprint density at radius 1 is 1.00 bits per heavy atom. The van der Waals surface area contributed by atoms with Gasteiger partial charge in [0.1, 0.15) is 17.5 Å². The lowest BCUT2D eigenvalue weighted by Crippen LogP contribution is -2.02. The minimum absolute atomic E-state index is 0.573. The van der Waals surface area contributed by atoms with Gasteiger partial charge in [-0.1, -0.05) is 47.1 Å². The van der Waals surface area contributed by atoms with Crippen molar-refractivity contribution in [2.24, 2.45) is 0 Å². The zero-order valence-electron chi connectivity index (χ0n) is 14.6. The number of hydrogen-bond donors (Lipinski definition) is 1. The summed E-state index contributed by atoms with van der Waals surface area (Å²) in [6.07, 6.45) is 3.61. The van der Waals surface area contributed by atoms with E-state index < -0.39 is 0 Å². The van der Waals surface area contributed by atoms with Crippen molar-refractivity contribution in [1.29, 1.82) is 0 Å². The van der Waals surface area contributed by atoms with Gasteiger partial charge in [0, 0.05) is 17.0 Å². The lowest BCUT2D eigenvalue weighted by Gasteiger charge is -2.06. The number of fused-ring (bicyclic) bond motifs is 1. The molecule has 0 bridgehead atoms. The number of rotatable bonds is 5. The molecule has 0 spiro atoms. The molecule has 2 aromatic heterocycles. The number of aromatic nitrogens is 3. The highest BCUT2D eigenvalue weighted by atomic mass is 32.2. The SMILES string of the molecule is CSc1ccc(CNc2ncnc3c(-c4ccc(C)cc4)noc23)cc1. The van der Waals surface area contributed by atoms with Crippen LogP contribution in [0.25, 0.3) is 22.4 Å². The topological polar surface area (TPSA) is 63.8 Å². The first-order valence-corrected chi connectivity index (χ1v) is 9.51. The second kappa shape index (κ2) is 7.17. The van der Waals surface area contributed by atoms with E-state index in [1.54, 1.807) is 11.8 Å². The molecule has 0 saturated carbocycles. The minimum atomic E-state index is 0.573. The number of thioether (sulfide) groups is 1. The Hall–Kier alpha value is -2.86. The van der Waals surface area contributed by atoms with Crippen LogP contribution in [0.5, 0.6) is 0 Å². The first-order chi connectivity index (χ1) is 12.7. The average Bonchev–Trinajstić information content (AvgIpc) is 3.12. The van der Waals surface area contributed by atoms with Gasteiger partial charge in [0.25, 0.3) is 0 Å². The van der Waals surface area contributed by atoms with Crippen molar-refractivity contribution in [3.8, 4) is 11.3 Å². The molecule has 26 heavy (non-hydrogen) atoms. The van der Waals surface area contributed by atoms with Crippen molar-refractivity contribution in [3.63, 3.8) is 0 Å². The first kappa shape index (κ1) is 16.6. The van der Waals surface area contributed by atoms with E-state index in [2.05, 4.69) is 70.0 Å². The third-order valence-corrected chi connectivity index (χ3v) is 4.94. The molecule has 0 radical (unpaired) electrons. The van der Waals surface area contributed by atoms with E-state index in [0.717, 1.165) is 11.3 Å². The van der Waals surface area contributed by atoms with Gasteiger partial charge in [-0.05, 0) is 30.9 Å². The Balaban J connectivity index is 1.61. The fourth-order valence-corrected chi connectivity index (χ4v) is 3.13. The number of aryl methyl sites for hydroxylation is 1. The monoisotopic (exact) mass is 362 g/mol. The maximum Gasteiger partial charge on any atom is 0.228 e. The van der Waals surface area contributed by atoms with E-state index >= 15 is 0 Å². The molecule has 0 amide bonds. The summed E-state index contributed by atoms with van der Waals surface area (Å²) in [5, 5.41) is 7.54. The molecule has 0 unspecified atom stereocenters. The van der Waals surface area contributed by atoms with E-state index in [1.807, 2.05) is 12.1 Å². The maximum atomic E-state index is 5.55. The number of hydrogen-bond acceptors (Lipinski definition) is 6. The number of nitrogens with zero attached hydrogens (tertiary/aromatic N) is 3. The number of anilines is 1. The fourth-order valence-electron chi connectivity index (χ4n) is 2.72. The van der Waals surface area contributed by atoms with E-state index in [1.165, 1.54) is 22.3 Å². The zero-order valence-corrected chi connectivity index (χ0v) is 15.4. The Morgan fingerprint density at radius 2 is 1.77 bits per heavy atom. The lowest BCUT2D eigenvalue weighted by molar-refractivity contribution is 0.459. The predicted octanol–water partition coefficient (Wildman–Crippen LogP) is 4.93. The summed E-state index contributed by atoms with van der Waals surface area (Å²) in [4.78, 5) is 9.93. The standard InChI is InChI=1S/C20H18N4OS/c1-13-3-7-15(8-4-13)17-18-19(25-24-17)20(23-12-22-18)21-11-14-5-9-16(26-2)10-6-14/h3-10,12H,11H2,1-2H3,(H,21,22,23). The average molecular weight is 362 g/mol. The van der Waals surface area contributed by atoms with Crippen LogP contribution >= 0.6 is 11.8 Å². The molecular weight excluding hydrogens is 344 g/mol. The largest absolute Gasteiger partial charge is 0.363 e. The molecule has 2 heterocycles. The van der Waals surface area contributed by atoms with E-state index in [4.69, 9.17) is 4.52 Å². The predicted molar refractivity (Wildman–Crippen MR) is 105 cm³/mol. The summed E-state index contributed by atoms with van der Waals surface area (Å²) in [7, 11) is 0. The van der Waals surface area contributed by atoms with Crippen LogP contribution in [-0.2, 0) is 6.54 Å². The summed E-state index contributed by atoms with van der Waals surface area (Å²) < 4.78 is 5.55. The molecule has 130 valence electrons. The van der Waals surface area contributed by atoms with Gasteiger partial charge < -0.3 is 9.84 Å². The number of benzene rings is 2. The van der Waals surface area contributed by atoms with Crippen molar-refractivity contribution < 1.29 is 4.52 Å². The number of nitrogens with one attached hydrogen (secondary N) is 1. The molecule has 0 aliphatic rings. The molecule has 0 aliphatic carbocycles. The van der Waals surface area contributed by atoms with Gasteiger partial charge in [-0.2, -0.15) is 0 Å². The summed E-state index contributed by atoms with van der Waals surface area (Å²) >= 11 is 1.73. The third kappa shape index (κ3) is 3.28. The summed E-state index contributed by atoms with van der Waals surface area (Å²) in [6.45, 7) is 2.71. The van der Waals surface area contributed by atoms with Gasteiger partial charge in [0.15, 0.2) is 5.82 Å². The molecule has 0 aliphatic heterocycles. The van der Waals surface area contributed by atoms with Crippen molar-refractivity contribution >= 4 is 28.7 Å². The van der Waals surface area contributed by atoms with E-state index in [-0.39, 0.29) is 0 Å². The molecule has 2 aromatic carbocycles. The van der Waals surface area contributed by atoms with Crippen LogP contribution in [0.1, 0.15) is 11.1 Å². The Morgan fingerprint density at radius 3 is 2.50 bits per heavy atom. The molecule has 0 fully saturated rings. The van der Waals surface area contributed by atoms with Crippen molar-refractivity contribution in [2.75, 3.05) is 11.6 Å². The highest BCUT2D eigenvalue weighted by Crippen LogP contribution is 2.29. The van der Waals surface area contributed by atoms with Gasteiger partial charge in [-0.3, -0.25) is 0 Å². The van der Waals surface area contributed by atoms with Crippen LogP contribution < -0.4 is 5.32 Å². The van der Waals surface area contributed by atoms with Crippen LogP contribution in [0.2, 0.25) is 0 Å². The quantitative estimate of drug-likeness (QED) is 0.508. The van der Waals surface area contributed by atoms with Crippen molar-refractivity contribution in [3.05, 3.63) is 66.0 Å². The van der Waals surface area contributed by atoms with Crippen LogP contribution in [0, 0.1) is 6.92 Å². The van der Waals surface area contributed by atoms with Crippen LogP contribution in [0.3, 0.4) is 0 Å². The summed E-state index contributed by atoms with van der Waals surface area (Å²) in [5.41, 5.74) is 5.37. The Labute approximate surface area is 155 Å². The highest BCUT2D eigenvalue weighted by molar-refractivity contribution is 7.98. The van der Waals surface area contributed by atoms with Crippen LogP contribution in [0.4, 0.5) is 5.82 Å². The molecule has 6 heteroatoms. The zero-order chi connectivity index (χ0) is 17.9. The van der Waals surface area contributed by atoms with Gasteiger partial charge in [-0.15, -0.1) is 11.8 Å². The van der Waals surface area contributed by atoms with Crippen LogP contribution in [-0.4, -0.2) is 21.4 Å². The summed E-state index contributed by atoms with van der Waals surface area (Å²) in [5.74, 6) is 0.648. The molecule has 0 saturated heterocycles. The molecule has 0 atom stereocenters. The normalized spacial score (nSPS) is 11.0. The van der Waals surface area contributed by atoms with Gasteiger partial charge in [-0.25, -0.2) is 9.97 Å².